The van der Waals surface area contributed by atoms with Gasteiger partial charge in [0.25, 0.3) is 0 Å². The largest absolute Gasteiger partial charge is 0.479 e. The van der Waals surface area contributed by atoms with E-state index in [9.17, 15) is 0 Å². The molecule has 14 heavy (non-hydrogen) atoms. The molecule has 7 nitrogen and oxygen atoms in total. The minimum atomic E-state index is -0.667. The van der Waals surface area contributed by atoms with Crippen molar-refractivity contribution >= 4 is 11.2 Å². The first-order valence-electron chi connectivity index (χ1n) is 3.96. The quantitative estimate of drug-likeness (QED) is 0.607. The number of methoxy groups -OCH3 is 1. The van der Waals surface area contributed by atoms with Crippen molar-refractivity contribution in [2.45, 2.75) is 6.29 Å². The Labute approximate surface area is 79.7 Å². The first kappa shape index (κ1) is 8.85. The van der Waals surface area contributed by atoms with Gasteiger partial charge in [0.1, 0.15) is 12.6 Å². The highest BCUT2D eigenvalue weighted by Gasteiger charge is 2.11. The molecule has 0 spiro atoms. The number of nitrogens with zero attached hydrogens (tertiary/aromatic N) is 4. The Morgan fingerprint density at radius 3 is 2.79 bits per heavy atom. The molecule has 0 radical (unpaired) electrons. The van der Waals surface area contributed by atoms with Gasteiger partial charge in [-0.05, 0) is 0 Å². The molecule has 0 amide bonds. The lowest BCUT2D eigenvalue weighted by Crippen LogP contribution is -2.26. The molecule has 0 aliphatic heterocycles. The van der Waals surface area contributed by atoms with Gasteiger partial charge in [-0.2, -0.15) is 4.98 Å². The van der Waals surface area contributed by atoms with Gasteiger partial charge in [0.15, 0.2) is 11.2 Å². The molecule has 2 aromatic rings. The first-order chi connectivity index (χ1) is 6.74. The summed E-state index contributed by atoms with van der Waals surface area (Å²) in [7, 11) is 1.52. The van der Waals surface area contributed by atoms with E-state index in [1.165, 1.54) is 19.8 Å². The van der Waals surface area contributed by atoms with E-state index in [0.29, 0.717) is 17.0 Å². The van der Waals surface area contributed by atoms with E-state index in [4.69, 9.17) is 16.2 Å². The van der Waals surface area contributed by atoms with Crippen LogP contribution in [0, 0.1) is 0 Å². The van der Waals surface area contributed by atoms with Gasteiger partial charge in [-0.15, -0.1) is 0 Å². The maximum atomic E-state index is 5.52. The van der Waals surface area contributed by atoms with Crippen LogP contribution in [0.3, 0.4) is 0 Å². The summed E-state index contributed by atoms with van der Waals surface area (Å²) < 4.78 is 6.55. The molecule has 7 heteroatoms. The van der Waals surface area contributed by atoms with Crippen molar-refractivity contribution in [3.05, 3.63) is 12.7 Å². The summed E-state index contributed by atoms with van der Waals surface area (Å²) in [5.74, 6) is 0.411. The molecule has 0 aromatic carbocycles. The molecule has 0 bridgehead atoms. The number of aromatic nitrogens is 4. The molecule has 2 heterocycles. The number of rotatable bonds is 2. The maximum absolute atomic E-state index is 5.52. The van der Waals surface area contributed by atoms with Crippen LogP contribution in [0.4, 0.5) is 0 Å². The van der Waals surface area contributed by atoms with Gasteiger partial charge in [0.2, 0.25) is 5.88 Å². The zero-order valence-electron chi connectivity index (χ0n) is 7.58. The molecule has 0 saturated carbocycles. The van der Waals surface area contributed by atoms with E-state index >= 15 is 0 Å². The minimum absolute atomic E-state index is 0.411. The van der Waals surface area contributed by atoms with Gasteiger partial charge >= 0.3 is 0 Å². The summed E-state index contributed by atoms with van der Waals surface area (Å²) in [6.45, 7) is 0. The van der Waals surface area contributed by atoms with Crippen LogP contribution in [0.2, 0.25) is 0 Å². The second-order valence-corrected chi connectivity index (χ2v) is 2.70. The Kier molecular flexibility index (Phi) is 2.02. The van der Waals surface area contributed by atoms with Crippen molar-refractivity contribution in [1.82, 2.24) is 19.5 Å². The predicted octanol–water partition coefficient (Wildman–Crippen LogP) is -0.792. The molecule has 0 saturated heterocycles. The molecule has 2 aromatic heterocycles. The smallest absolute Gasteiger partial charge is 0.245 e. The lowest BCUT2D eigenvalue weighted by molar-refractivity contribution is 0.401. The van der Waals surface area contributed by atoms with Crippen LogP contribution in [-0.4, -0.2) is 26.6 Å². The highest BCUT2D eigenvalue weighted by Crippen LogP contribution is 2.19. The lowest BCUT2D eigenvalue weighted by Gasteiger charge is -2.06. The second-order valence-electron chi connectivity index (χ2n) is 2.70. The highest BCUT2D eigenvalue weighted by molar-refractivity contribution is 5.75. The zero-order valence-corrected chi connectivity index (χ0v) is 7.58. The number of ether oxygens (including phenoxy) is 1. The topological polar surface area (TPSA) is 105 Å². The van der Waals surface area contributed by atoms with Crippen molar-refractivity contribution in [2.75, 3.05) is 7.11 Å². The fourth-order valence-electron chi connectivity index (χ4n) is 1.20. The van der Waals surface area contributed by atoms with E-state index in [-0.39, 0.29) is 0 Å². The predicted molar refractivity (Wildman–Crippen MR) is 49.3 cm³/mol. The molecule has 2 rings (SSSR count). The molecule has 4 N–H and O–H groups in total. The third kappa shape index (κ3) is 1.19. The van der Waals surface area contributed by atoms with Crippen molar-refractivity contribution < 1.29 is 4.74 Å². The Morgan fingerprint density at radius 2 is 2.14 bits per heavy atom. The zero-order chi connectivity index (χ0) is 10.1. The Bertz CT molecular complexity index is 450. The Balaban J connectivity index is 2.69. The third-order valence-electron chi connectivity index (χ3n) is 1.84. The summed E-state index contributed by atoms with van der Waals surface area (Å²) in [6, 6.07) is 0. The summed E-state index contributed by atoms with van der Waals surface area (Å²) in [6.07, 6.45) is 2.22. The van der Waals surface area contributed by atoms with E-state index in [0.717, 1.165) is 0 Å². The normalized spacial score (nSPS) is 11.1. The van der Waals surface area contributed by atoms with E-state index in [1.807, 2.05) is 0 Å². The van der Waals surface area contributed by atoms with E-state index in [1.54, 1.807) is 4.57 Å². The summed E-state index contributed by atoms with van der Waals surface area (Å²) in [4.78, 5) is 12.0. The van der Waals surface area contributed by atoms with Crippen molar-refractivity contribution in [3.63, 3.8) is 0 Å². The van der Waals surface area contributed by atoms with Gasteiger partial charge in [-0.25, -0.2) is 9.97 Å². The van der Waals surface area contributed by atoms with Crippen LogP contribution in [-0.2, 0) is 0 Å². The molecule has 0 atom stereocenters. The van der Waals surface area contributed by atoms with Gasteiger partial charge in [-0.3, -0.25) is 16.0 Å². The highest BCUT2D eigenvalue weighted by atomic mass is 16.5. The third-order valence-corrected chi connectivity index (χ3v) is 1.84. The van der Waals surface area contributed by atoms with Crippen molar-refractivity contribution in [3.8, 4) is 5.88 Å². The molecule has 0 aliphatic rings. The lowest BCUT2D eigenvalue weighted by atomic mass is 10.5. The summed E-state index contributed by atoms with van der Waals surface area (Å²) >= 11 is 0. The summed E-state index contributed by atoms with van der Waals surface area (Å²) in [5.41, 5.74) is 12.1. The number of nitrogens with two attached hydrogens (primary N) is 2. The average Bonchev–Trinajstić information content (AvgIpc) is 2.60. The molecule has 0 aliphatic carbocycles. The van der Waals surface area contributed by atoms with Crippen LogP contribution in [0.25, 0.3) is 11.2 Å². The fourth-order valence-corrected chi connectivity index (χ4v) is 1.20. The fraction of sp³-hybridized carbons (Fsp3) is 0.286. The second kappa shape index (κ2) is 3.20. The van der Waals surface area contributed by atoms with Gasteiger partial charge in [0, 0.05) is 0 Å². The monoisotopic (exact) mass is 194 g/mol. The molecule has 0 unspecified atom stereocenters. The standard InChI is InChI=1S/C7H10N6O/c1-14-6-4-5(10-2-11-6)13(3-12-4)7(8)9/h2-3,7H,8-9H2,1H3. The molecular weight excluding hydrogens is 184 g/mol. The summed E-state index contributed by atoms with van der Waals surface area (Å²) in [5, 5.41) is 0. The van der Waals surface area contributed by atoms with Crippen LogP contribution >= 0.6 is 0 Å². The SMILES string of the molecule is COc1ncnc2c1ncn2C(N)N. The number of hydrogen-bond donors (Lipinski definition) is 2. The number of imidazole rings is 1. The minimum Gasteiger partial charge on any atom is -0.479 e. The molecule has 74 valence electrons. The van der Waals surface area contributed by atoms with Gasteiger partial charge < -0.3 is 4.74 Å². The maximum Gasteiger partial charge on any atom is 0.245 e. The van der Waals surface area contributed by atoms with E-state index < -0.39 is 6.29 Å². The number of fused-ring (bicyclic) bond motifs is 1. The van der Waals surface area contributed by atoms with Crippen LogP contribution in [0.5, 0.6) is 5.88 Å². The Morgan fingerprint density at radius 1 is 1.36 bits per heavy atom. The van der Waals surface area contributed by atoms with E-state index in [2.05, 4.69) is 15.0 Å². The number of hydrogen-bond acceptors (Lipinski definition) is 6. The van der Waals surface area contributed by atoms with Gasteiger partial charge in [0.05, 0.1) is 13.4 Å². The van der Waals surface area contributed by atoms with Crippen molar-refractivity contribution in [2.24, 2.45) is 11.5 Å². The Hall–Kier alpha value is -1.73. The van der Waals surface area contributed by atoms with Crippen LogP contribution in [0.1, 0.15) is 6.29 Å². The van der Waals surface area contributed by atoms with Crippen LogP contribution in [0.15, 0.2) is 12.7 Å². The van der Waals surface area contributed by atoms with Gasteiger partial charge in [-0.1, -0.05) is 0 Å². The first-order valence-corrected chi connectivity index (χ1v) is 3.96. The molecule has 0 fully saturated rings. The van der Waals surface area contributed by atoms with Crippen molar-refractivity contribution in [1.29, 1.82) is 0 Å². The van der Waals surface area contributed by atoms with Crippen LogP contribution < -0.4 is 16.2 Å². The average molecular weight is 194 g/mol. The molecular formula is C7H10N6O.